The number of rotatable bonds is 8. The van der Waals surface area contributed by atoms with Gasteiger partial charge in [0.1, 0.15) is 0 Å². The highest BCUT2D eigenvalue weighted by Crippen LogP contribution is 2.42. The minimum atomic E-state index is -3.99. The molecule has 0 atom stereocenters. The molecule has 0 radical (unpaired) electrons. The maximum atomic E-state index is 9.76. The number of benzene rings is 10. The quantitative estimate of drug-likeness (QED) is 0.107. The second kappa shape index (κ2) is 15.2. The molecule has 0 saturated heterocycles. The van der Waals surface area contributed by atoms with Crippen molar-refractivity contribution in [2.24, 2.45) is 0 Å². The normalized spacial score (nSPS) is 14.7. The van der Waals surface area contributed by atoms with Gasteiger partial charge in [-0.2, -0.15) is 0 Å². The Morgan fingerprint density at radius 3 is 1.37 bits per heavy atom. The average Bonchev–Trinajstić information content (AvgIpc) is 4.19. The molecule has 0 fully saturated rings. The van der Waals surface area contributed by atoms with E-state index < -0.39 is 74.5 Å². The summed E-state index contributed by atoms with van der Waals surface area (Å²) in [5, 5.41) is 4.22. The molecule has 0 aliphatic heterocycles. The van der Waals surface area contributed by atoms with E-state index in [-0.39, 0.29) is 39.1 Å². The molecule has 10 aromatic carbocycles. The number of fused-ring (bicyclic) bond motifs is 6. The lowest BCUT2D eigenvalue weighted by Crippen LogP contribution is -2.74. The summed E-state index contributed by atoms with van der Waals surface area (Å²) in [5.41, 5.74) is 5.74. The largest absolute Gasteiger partial charge is 0.309 e. The number of nitrogens with zero attached hydrogens (tertiary/aromatic N) is 2. The molecule has 0 saturated carbocycles. The molecule has 0 amide bonds. The van der Waals surface area contributed by atoms with E-state index in [1.54, 1.807) is 6.07 Å². The maximum Gasteiger partial charge on any atom is 0.179 e. The molecular formula is C60H42N2Si. The number of para-hydroxylation sites is 3. The molecular weight excluding hydrogens is 777 g/mol. The van der Waals surface area contributed by atoms with Gasteiger partial charge in [0.25, 0.3) is 0 Å². The van der Waals surface area contributed by atoms with Crippen LogP contribution in [-0.4, -0.2) is 17.2 Å². The number of hydrogen-bond donors (Lipinski definition) is 0. The molecule has 63 heavy (non-hydrogen) atoms. The number of hydrogen-bond acceptors (Lipinski definition) is 0. The third-order valence-corrected chi connectivity index (χ3v) is 16.7. The molecule has 12 aromatic rings. The van der Waals surface area contributed by atoms with Crippen molar-refractivity contribution in [3.8, 4) is 33.6 Å². The van der Waals surface area contributed by atoms with Crippen molar-refractivity contribution in [2.75, 3.05) is 0 Å². The van der Waals surface area contributed by atoms with Gasteiger partial charge in [-0.25, -0.2) is 0 Å². The van der Waals surface area contributed by atoms with Crippen LogP contribution in [0.15, 0.2) is 254 Å². The van der Waals surface area contributed by atoms with Gasteiger partial charge in [-0.15, -0.1) is 0 Å². The van der Waals surface area contributed by atoms with Gasteiger partial charge >= 0.3 is 0 Å². The summed E-state index contributed by atoms with van der Waals surface area (Å²) in [4.78, 5) is 0. The zero-order chi connectivity index (χ0) is 53.1. The lowest BCUT2D eigenvalue weighted by atomic mass is 9.95. The Balaban J connectivity index is 1.29. The van der Waals surface area contributed by atoms with Gasteiger partial charge in [-0.05, 0) is 62.2 Å². The molecule has 2 heterocycles. The Morgan fingerprint density at radius 2 is 0.794 bits per heavy atom. The van der Waals surface area contributed by atoms with Crippen LogP contribution in [0.1, 0.15) is 17.8 Å². The third-order valence-electron chi connectivity index (χ3n) is 12.2. The minimum Gasteiger partial charge on any atom is -0.309 e. The molecule has 2 nitrogen and oxygen atoms in total. The summed E-state index contributed by atoms with van der Waals surface area (Å²) >= 11 is 0. The van der Waals surface area contributed by atoms with E-state index >= 15 is 0 Å². The Morgan fingerprint density at radius 1 is 0.317 bits per heavy atom. The highest BCUT2D eigenvalue weighted by molar-refractivity contribution is 7.20. The lowest BCUT2D eigenvalue weighted by Gasteiger charge is -2.36. The second-order valence-corrected chi connectivity index (χ2v) is 19.2. The van der Waals surface area contributed by atoms with Crippen LogP contribution in [0.2, 0.25) is 0 Å². The van der Waals surface area contributed by atoms with Crippen LogP contribution in [0.3, 0.4) is 0 Å². The fourth-order valence-corrected chi connectivity index (χ4v) is 14.0. The molecule has 296 valence electrons. The zero-order valence-electron chi connectivity index (χ0n) is 46.6. The van der Waals surface area contributed by atoms with Crippen LogP contribution in [0.4, 0.5) is 0 Å². The van der Waals surface area contributed by atoms with Gasteiger partial charge in [0.05, 0.1) is 45.6 Å². The first-order chi connectivity index (χ1) is 36.7. The average molecular weight is 832 g/mol. The molecule has 12 rings (SSSR count). The van der Waals surface area contributed by atoms with E-state index in [4.69, 9.17) is 12.3 Å². The lowest BCUT2D eigenvalue weighted by molar-refractivity contribution is 1.16. The van der Waals surface area contributed by atoms with Gasteiger partial charge in [0.15, 0.2) is 8.07 Å². The summed E-state index contributed by atoms with van der Waals surface area (Å²) in [6.07, 6.45) is 0. The zero-order valence-corrected chi connectivity index (χ0v) is 34.6. The van der Waals surface area contributed by atoms with E-state index in [9.17, 15) is 5.48 Å². The van der Waals surface area contributed by atoms with E-state index in [1.807, 2.05) is 158 Å². The summed E-state index contributed by atoms with van der Waals surface area (Å²) in [5.74, 6) is 0. The van der Waals surface area contributed by atoms with Crippen molar-refractivity contribution in [3.63, 3.8) is 0 Å². The van der Waals surface area contributed by atoms with Crippen LogP contribution < -0.4 is 20.7 Å². The smallest absolute Gasteiger partial charge is 0.179 e. The van der Waals surface area contributed by atoms with Gasteiger partial charge < -0.3 is 9.13 Å². The molecule has 0 unspecified atom stereocenters. The van der Waals surface area contributed by atoms with E-state index in [0.717, 1.165) is 59.8 Å². The molecule has 0 bridgehead atoms. The molecule has 0 aliphatic rings. The van der Waals surface area contributed by atoms with Crippen molar-refractivity contribution < 1.29 is 17.8 Å². The standard InChI is InChI=1S/C60H42N2Si/c1-6-22-43(23-7-1)54-41-49(63(46-26-10-3-11-27-46,47-28-12-4-13-29-47)48-30-14-5-15-31-48)42-55(44-24-8-2-9-25-44)60(54)62-58-37-21-18-34-52(58)53-39-38-45(40-59(53)62)61-56-35-19-16-32-50(56)51-33-17-20-36-57(51)61/h1-42H/i3D,10D,11D,16D,17D,19D,20D,26D,27D,32D,33D,35D,36D. The minimum absolute atomic E-state index is 0.00471. The van der Waals surface area contributed by atoms with Gasteiger partial charge in [-0.3, -0.25) is 0 Å². The predicted octanol–water partition coefficient (Wildman–Crippen LogP) is 12.6. The highest BCUT2D eigenvalue weighted by Gasteiger charge is 2.42. The molecule has 2 aromatic heterocycles. The van der Waals surface area contributed by atoms with Gasteiger partial charge in [-0.1, -0.05) is 224 Å². The van der Waals surface area contributed by atoms with Crippen molar-refractivity contribution in [3.05, 3.63) is 254 Å². The predicted molar refractivity (Wildman–Crippen MR) is 270 cm³/mol. The summed E-state index contributed by atoms with van der Waals surface area (Å²) in [6.45, 7) is 0. The first kappa shape index (κ1) is 25.7. The summed E-state index contributed by atoms with van der Waals surface area (Å²) < 4.78 is 122. The molecule has 0 N–H and O–H groups in total. The summed E-state index contributed by atoms with van der Waals surface area (Å²) in [7, 11) is -3.99. The highest BCUT2D eigenvalue weighted by atomic mass is 28.3. The maximum absolute atomic E-state index is 9.76. The van der Waals surface area contributed by atoms with Crippen molar-refractivity contribution in [1.29, 1.82) is 0 Å². The van der Waals surface area contributed by atoms with Crippen LogP contribution in [-0.2, 0) is 0 Å². The number of aromatic nitrogens is 2. The van der Waals surface area contributed by atoms with Crippen molar-refractivity contribution in [1.82, 2.24) is 9.13 Å². The Hall–Kier alpha value is -7.98. The summed E-state index contributed by atoms with van der Waals surface area (Å²) in [6, 6.07) is 51.4. The first-order valence-electron chi connectivity index (χ1n) is 27.2. The van der Waals surface area contributed by atoms with Gasteiger partial charge in [0, 0.05) is 38.4 Å². The first-order valence-corrected chi connectivity index (χ1v) is 22.7. The van der Waals surface area contributed by atoms with E-state index in [0.29, 0.717) is 11.2 Å². The van der Waals surface area contributed by atoms with Crippen molar-refractivity contribution >= 4 is 72.4 Å². The van der Waals surface area contributed by atoms with E-state index in [2.05, 4.69) is 16.7 Å². The second-order valence-electron chi connectivity index (χ2n) is 15.5. The monoisotopic (exact) mass is 831 g/mol. The molecule has 3 heteroatoms. The third kappa shape index (κ3) is 5.85. The topological polar surface area (TPSA) is 9.86 Å². The van der Waals surface area contributed by atoms with Crippen LogP contribution in [0.25, 0.3) is 77.2 Å². The van der Waals surface area contributed by atoms with E-state index in [1.165, 1.54) is 4.57 Å². The van der Waals surface area contributed by atoms with Crippen molar-refractivity contribution in [2.45, 2.75) is 0 Å². The Bertz CT molecular complexity index is 4170. The van der Waals surface area contributed by atoms with Crippen LogP contribution >= 0.6 is 0 Å². The van der Waals surface area contributed by atoms with Crippen LogP contribution in [0.5, 0.6) is 0 Å². The molecule has 0 spiro atoms. The van der Waals surface area contributed by atoms with Gasteiger partial charge in [0.2, 0.25) is 0 Å². The SMILES string of the molecule is [2H]c1c([2H])c([2H])c([Si](c2ccccc2)(c2ccccc2)c2cc(-c3ccccc3)c(-n3c4ccccc4c4ccc(-n5c6c([2H])c([2H])c([2H])c([2H])c6c6c([2H])c([2H])c([2H])c([2H])c65)cc43)c(-c3ccccc3)c2)c([2H])c1[2H]. The molecule has 0 aliphatic carbocycles. The fraction of sp³-hybridized carbons (Fsp3) is 0. The fourth-order valence-electron chi connectivity index (χ4n) is 9.53. The Kier molecular flexibility index (Phi) is 6.19. The Labute approximate surface area is 386 Å². The van der Waals surface area contributed by atoms with Crippen LogP contribution in [0, 0.1) is 0 Å².